The molecule has 29 heavy (non-hydrogen) atoms. The van der Waals surface area contributed by atoms with Gasteiger partial charge in [-0.2, -0.15) is 12.1 Å². The van der Waals surface area contributed by atoms with Crippen LogP contribution in [0.4, 0.5) is 0 Å². The van der Waals surface area contributed by atoms with Gasteiger partial charge in [0.05, 0.1) is 0 Å². The molecule has 0 heterocycles. The van der Waals surface area contributed by atoms with Gasteiger partial charge in [0.15, 0.2) is 0 Å². The first-order valence-electron chi connectivity index (χ1n) is 9.56. The maximum Gasteiger partial charge on any atom is 2.00 e. The molecule has 0 radical (unpaired) electrons. The van der Waals surface area contributed by atoms with Crippen LogP contribution in [-0.4, -0.2) is 0 Å². The molecule has 0 fully saturated rings. The molecule has 0 bridgehead atoms. The van der Waals surface area contributed by atoms with Crippen molar-refractivity contribution in [2.45, 2.75) is 13.3 Å². The third-order valence-electron chi connectivity index (χ3n) is 4.53. The molecule has 2 heteroatoms. The van der Waals surface area contributed by atoms with Crippen LogP contribution in [0.3, 0.4) is 0 Å². The molecule has 1 aliphatic carbocycles. The zero-order valence-electron chi connectivity index (χ0n) is 16.4. The van der Waals surface area contributed by atoms with Crippen LogP contribution in [-0.2, 0) is 23.5 Å². The summed E-state index contributed by atoms with van der Waals surface area (Å²) < 4.78 is 0. The van der Waals surface area contributed by atoms with Crippen molar-refractivity contribution in [2.75, 3.05) is 0 Å². The van der Waals surface area contributed by atoms with Crippen molar-refractivity contribution in [3.05, 3.63) is 132 Å². The average molecular weight is 420 g/mol. The van der Waals surface area contributed by atoms with Gasteiger partial charge in [-0.1, -0.05) is 97.0 Å². The minimum Gasteiger partial charge on any atom is -0.872 e. The Hall–Kier alpha value is -2.93. The molecule has 3 aromatic carbocycles. The topological polar surface area (TPSA) is 23.1 Å². The predicted molar refractivity (Wildman–Crippen MR) is 118 cm³/mol. The second-order valence-electron chi connectivity index (χ2n) is 6.51. The standard InChI is InChI=1S/C14H12O.C13H13.Fe/c15-14(13-8-4-5-9-13)11-10-12-6-2-1-3-7-12;1-2-11-7-9-13(10-8-11)12-5-3-4-6-12;/h1-11,15H;3-10H,2H2,1H3;/q;-1;+2/p-1. The summed E-state index contributed by atoms with van der Waals surface area (Å²) in [4.78, 5) is 0. The summed E-state index contributed by atoms with van der Waals surface area (Å²) in [6, 6.07) is 27.0. The Balaban J connectivity index is 0.000000202. The maximum atomic E-state index is 11.6. The molecule has 3 aromatic rings. The number of hydrogen-bond donors (Lipinski definition) is 0. The SMILES string of the molecule is CCc1ccc(-[c-]2cccc2)cc1.[Fe+2].[O-]C(C=Cc1ccccc1)=C1C=CC=C1. The summed E-state index contributed by atoms with van der Waals surface area (Å²) in [6.07, 6.45) is 11.9. The third kappa shape index (κ3) is 6.87. The van der Waals surface area contributed by atoms with E-state index < -0.39 is 0 Å². The Kier molecular flexibility index (Phi) is 9.11. The van der Waals surface area contributed by atoms with Crippen LogP contribution < -0.4 is 5.11 Å². The van der Waals surface area contributed by atoms with Crippen LogP contribution in [0.2, 0.25) is 0 Å². The molecule has 0 aromatic heterocycles. The number of hydrogen-bond acceptors (Lipinski definition) is 1. The van der Waals surface area contributed by atoms with Crippen molar-refractivity contribution in [1.82, 2.24) is 0 Å². The van der Waals surface area contributed by atoms with E-state index in [4.69, 9.17) is 0 Å². The Morgan fingerprint density at radius 1 is 0.862 bits per heavy atom. The van der Waals surface area contributed by atoms with E-state index in [1.54, 1.807) is 6.08 Å². The zero-order chi connectivity index (χ0) is 19.6. The van der Waals surface area contributed by atoms with Gasteiger partial charge in [0, 0.05) is 0 Å². The van der Waals surface area contributed by atoms with Crippen molar-refractivity contribution in [1.29, 1.82) is 0 Å². The predicted octanol–water partition coefficient (Wildman–Crippen LogP) is 6.07. The Morgan fingerprint density at radius 2 is 1.48 bits per heavy atom. The van der Waals surface area contributed by atoms with Crippen LogP contribution in [0, 0.1) is 0 Å². The molecule has 4 rings (SSSR count). The Bertz CT molecular complexity index is 959. The number of benzene rings is 2. The first kappa shape index (κ1) is 22.4. The number of aryl methyl sites for hydroxylation is 1. The van der Waals surface area contributed by atoms with Gasteiger partial charge >= 0.3 is 17.1 Å². The van der Waals surface area contributed by atoms with E-state index in [2.05, 4.69) is 55.5 Å². The second kappa shape index (κ2) is 11.8. The van der Waals surface area contributed by atoms with Crippen LogP contribution in [0.5, 0.6) is 0 Å². The van der Waals surface area contributed by atoms with Gasteiger partial charge in [-0.15, -0.1) is 35.6 Å². The third-order valence-corrected chi connectivity index (χ3v) is 4.53. The van der Waals surface area contributed by atoms with Gasteiger partial charge in [0.25, 0.3) is 0 Å². The van der Waals surface area contributed by atoms with Crippen molar-refractivity contribution in [2.24, 2.45) is 0 Å². The maximum absolute atomic E-state index is 11.6. The summed E-state index contributed by atoms with van der Waals surface area (Å²) in [5.74, 6) is 0.0452. The molecule has 146 valence electrons. The fourth-order valence-corrected chi connectivity index (χ4v) is 2.87. The fraction of sp³-hybridized carbons (Fsp3) is 0.0741. The van der Waals surface area contributed by atoms with Crippen molar-refractivity contribution in [3.63, 3.8) is 0 Å². The number of allylic oxidation sites excluding steroid dienone is 6. The van der Waals surface area contributed by atoms with E-state index >= 15 is 0 Å². The molecule has 0 spiro atoms. The van der Waals surface area contributed by atoms with E-state index in [0.717, 1.165) is 17.6 Å². The molecule has 0 saturated carbocycles. The van der Waals surface area contributed by atoms with Crippen molar-refractivity contribution < 1.29 is 22.2 Å². The monoisotopic (exact) mass is 420 g/mol. The molecule has 0 atom stereocenters. The van der Waals surface area contributed by atoms with E-state index in [1.165, 1.54) is 16.7 Å². The largest absolute Gasteiger partial charge is 2.00 e. The van der Waals surface area contributed by atoms with Gasteiger partial charge < -0.3 is 5.11 Å². The minimum atomic E-state index is 0. The van der Waals surface area contributed by atoms with Crippen LogP contribution >= 0.6 is 0 Å². The average Bonchev–Trinajstić information content (AvgIpc) is 3.48. The van der Waals surface area contributed by atoms with Crippen LogP contribution in [0.25, 0.3) is 17.2 Å². The van der Waals surface area contributed by atoms with Gasteiger partial charge in [-0.3, -0.25) is 0 Å². The summed E-state index contributed by atoms with van der Waals surface area (Å²) in [5, 5.41) is 11.6. The van der Waals surface area contributed by atoms with Crippen LogP contribution in [0.15, 0.2) is 121 Å². The van der Waals surface area contributed by atoms with E-state index in [-0.39, 0.29) is 22.8 Å². The van der Waals surface area contributed by atoms with Gasteiger partial charge in [0.2, 0.25) is 0 Å². The molecule has 1 aliphatic rings. The fourth-order valence-electron chi connectivity index (χ4n) is 2.87. The molecule has 0 unspecified atom stereocenters. The molecular formula is C27H24FeO. The molecule has 0 N–H and O–H groups in total. The smallest absolute Gasteiger partial charge is 0.872 e. The molecule has 0 aliphatic heterocycles. The summed E-state index contributed by atoms with van der Waals surface area (Å²) in [5.41, 5.74) is 5.79. The second-order valence-corrected chi connectivity index (χ2v) is 6.51. The van der Waals surface area contributed by atoms with Gasteiger partial charge in [0.1, 0.15) is 0 Å². The van der Waals surface area contributed by atoms with Gasteiger partial charge in [-0.25, -0.2) is 0 Å². The summed E-state index contributed by atoms with van der Waals surface area (Å²) >= 11 is 0. The molecule has 1 nitrogen and oxygen atoms in total. The van der Waals surface area contributed by atoms with E-state index in [0.29, 0.717) is 0 Å². The first-order chi connectivity index (χ1) is 13.8. The van der Waals surface area contributed by atoms with Gasteiger partial charge in [-0.05, 0) is 17.6 Å². The van der Waals surface area contributed by atoms with E-state index in [9.17, 15) is 5.11 Å². The first-order valence-corrected chi connectivity index (χ1v) is 9.56. The molecular weight excluding hydrogens is 396 g/mol. The summed E-state index contributed by atoms with van der Waals surface area (Å²) in [6.45, 7) is 2.18. The van der Waals surface area contributed by atoms with E-state index in [1.807, 2.05) is 60.7 Å². The number of rotatable bonds is 4. The normalized spacial score (nSPS) is 11.8. The minimum absolute atomic E-state index is 0. The van der Waals surface area contributed by atoms with Crippen LogP contribution in [0.1, 0.15) is 18.1 Å². The van der Waals surface area contributed by atoms with Crippen molar-refractivity contribution in [3.8, 4) is 11.1 Å². The molecule has 0 amide bonds. The van der Waals surface area contributed by atoms with Crippen molar-refractivity contribution >= 4 is 6.08 Å². The molecule has 0 saturated heterocycles. The zero-order valence-corrected chi connectivity index (χ0v) is 17.5. The summed E-state index contributed by atoms with van der Waals surface area (Å²) in [7, 11) is 0. The Labute approximate surface area is 184 Å². The Morgan fingerprint density at radius 3 is 2.07 bits per heavy atom. The quantitative estimate of drug-likeness (QED) is 0.285.